The molecule has 0 bridgehead atoms. The number of methoxy groups -OCH3 is 1. The van der Waals surface area contributed by atoms with Gasteiger partial charge in [0, 0.05) is 0 Å². The molecule has 0 saturated carbocycles. The largest absolute Gasteiger partial charge is 0.466 e. The van der Waals surface area contributed by atoms with Crippen LogP contribution in [0.5, 0.6) is 0 Å². The number of carbonyl (C=O) groups excluding carboxylic acids is 2. The first kappa shape index (κ1) is 22.8. The molecule has 0 spiro atoms. The van der Waals surface area contributed by atoms with Gasteiger partial charge in [-0.25, -0.2) is 4.79 Å². The highest BCUT2D eigenvalue weighted by molar-refractivity contribution is 5.98. The number of rotatable bonds is 15. The van der Waals surface area contributed by atoms with Crippen LogP contribution in [0.1, 0.15) is 90.9 Å². The van der Waals surface area contributed by atoms with Gasteiger partial charge >= 0.3 is 5.97 Å². The van der Waals surface area contributed by atoms with Crippen molar-refractivity contribution in [1.29, 1.82) is 0 Å². The van der Waals surface area contributed by atoms with Gasteiger partial charge in [0.25, 0.3) is 0 Å². The maximum absolute atomic E-state index is 11.6. The van der Waals surface area contributed by atoms with Gasteiger partial charge in [-0.15, -0.1) is 0 Å². The average Bonchev–Trinajstić information content (AvgIpc) is 2.57. The monoisotopic (exact) mass is 340 g/mol. The Morgan fingerprint density at radius 3 is 1.79 bits per heavy atom. The molecule has 1 N–H and O–H groups in total. The summed E-state index contributed by atoms with van der Waals surface area (Å²) in [6.45, 7) is 3.51. The minimum Gasteiger partial charge on any atom is -0.466 e. The molecule has 0 unspecified atom stereocenters. The lowest BCUT2D eigenvalue weighted by Gasteiger charge is -2.10. The van der Waals surface area contributed by atoms with Crippen LogP contribution in [0.3, 0.4) is 0 Å². The van der Waals surface area contributed by atoms with Crippen molar-refractivity contribution < 1.29 is 19.4 Å². The number of carbonyl (C=O) groups is 2. The van der Waals surface area contributed by atoms with Gasteiger partial charge in [-0.1, -0.05) is 77.2 Å². The van der Waals surface area contributed by atoms with Gasteiger partial charge in [0.05, 0.1) is 12.7 Å². The van der Waals surface area contributed by atoms with Gasteiger partial charge in [-0.3, -0.25) is 4.79 Å². The number of hydrogen-bond donors (Lipinski definition) is 1. The van der Waals surface area contributed by atoms with Crippen molar-refractivity contribution in [3.8, 4) is 0 Å². The van der Waals surface area contributed by atoms with Gasteiger partial charge < -0.3 is 9.84 Å². The van der Waals surface area contributed by atoms with E-state index < -0.39 is 17.9 Å². The number of allylic oxidation sites excluding steroid dienone is 1. The van der Waals surface area contributed by atoms with Crippen molar-refractivity contribution in [3.63, 3.8) is 0 Å². The lowest BCUT2D eigenvalue weighted by Crippen LogP contribution is -2.25. The fourth-order valence-electron chi connectivity index (χ4n) is 2.71. The molecule has 0 heterocycles. The van der Waals surface area contributed by atoms with Crippen LogP contribution in [0.25, 0.3) is 0 Å². The van der Waals surface area contributed by atoms with Crippen LogP contribution in [0.15, 0.2) is 11.6 Å². The third-order valence-electron chi connectivity index (χ3n) is 4.27. The van der Waals surface area contributed by atoms with Crippen LogP contribution in [-0.2, 0) is 14.3 Å². The molecule has 24 heavy (non-hydrogen) atoms. The summed E-state index contributed by atoms with van der Waals surface area (Å²) < 4.78 is 4.62. The molecule has 0 rings (SSSR count). The van der Waals surface area contributed by atoms with Crippen LogP contribution < -0.4 is 0 Å². The number of ether oxygens (including phenoxy) is 1. The van der Waals surface area contributed by atoms with Gasteiger partial charge in [0.2, 0.25) is 0 Å². The number of aliphatic hydroxyl groups is 1. The van der Waals surface area contributed by atoms with E-state index in [1.165, 1.54) is 71.8 Å². The maximum atomic E-state index is 11.6. The van der Waals surface area contributed by atoms with Gasteiger partial charge in [0.1, 0.15) is 6.10 Å². The predicted molar refractivity (Wildman–Crippen MR) is 97.9 cm³/mol. The highest BCUT2D eigenvalue weighted by Gasteiger charge is 2.22. The van der Waals surface area contributed by atoms with E-state index >= 15 is 0 Å². The highest BCUT2D eigenvalue weighted by Crippen LogP contribution is 2.14. The number of aliphatic hydroxyl groups excluding tert-OH is 1. The van der Waals surface area contributed by atoms with E-state index in [9.17, 15) is 14.7 Å². The van der Waals surface area contributed by atoms with Crippen molar-refractivity contribution in [2.75, 3.05) is 7.11 Å². The molecule has 0 aromatic heterocycles. The summed E-state index contributed by atoms with van der Waals surface area (Å²) in [5, 5.41) is 9.75. The Kier molecular flexibility index (Phi) is 14.6. The predicted octanol–water partition coefficient (Wildman–Crippen LogP) is 4.74. The molecule has 0 aromatic rings. The first-order valence-corrected chi connectivity index (χ1v) is 9.51. The zero-order chi connectivity index (χ0) is 18.2. The van der Waals surface area contributed by atoms with E-state index in [2.05, 4.69) is 11.7 Å². The Hall–Kier alpha value is -1.16. The Morgan fingerprint density at radius 1 is 0.917 bits per heavy atom. The molecule has 0 aliphatic rings. The zero-order valence-electron chi connectivity index (χ0n) is 15.8. The van der Waals surface area contributed by atoms with Crippen LogP contribution >= 0.6 is 0 Å². The summed E-state index contributed by atoms with van der Waals surface area (Å²) in [4.78, 5) is 22.8. The topological polar surface area (TPSA) is 63.6 Å². The maximum Gasteiger partial charge on any atom is 0.336 e. The molecule has 0 fully saturated rings. The fraction of sp³-hybridized carbons (Fsp3) is 0.800. The Balaban J connectivity index is 3.77. The molecule has 4 heteroatoms. The van der Waals surface area contributed by atoms with Crippen LogP contribution in [0.2, 0.25) is 0 Å². The molecular formula is C20H36O4. The second kappa shape index (κ2) is 15.4. The lowest BCUT2D eigenvalue weighted by molar-refractivity contribution is -0.139. The second-order valence-corrected chi connectivity index (χ2v) is 6.49. The Bertz CT molecular complexity index is 374. The minimum absolute atomic E-state index is 0.0667. The third kappa shape index (κ3) is 11.4. The quantitative estimate of drug-likeness (QED) is 0.266. The molecule has 0 amide bonds. The third-order valence-corrected chi connectivity index (χ3v) is 4.27. The number of esters is 1. The van der Waals surface area contributed by atoms with E-state index in [1.807, 2.05) is 0 Å². The minimum atomic E-state index is -1.37. The van der Waals surface area contributed by atoms with E-state index in [0.29, 0.717) is 6.42 Å². The van der Waals surface area contributed by atoms with E-state index in [4.69, 9.17) is 0 Å². The fourth-order valence-corrected chi connectivity index (χ4v) is 2.71. The van der Waals surface area contributed by atoms with Crippen molar-refractivity contribution in [2.45, 2.75) is 97.0 Å². The van der Waals surface area contributed by atoms with Crippen molar-refractivity contribution >= 4 is 11.8 Å². The highest BCUT2D eigenvalue weighted by atomic mass is 16.5. The zero-order valence-corrected chi connectivity index (χ0v) is 15.8. The average molecular weight is 341 g/mol. The summed E-state index contributed by atoms with van der Waals surface area (Å²) >= 11 is 0. The van der Waals surface area contributed by atoms with E-state index in [-0.39, 0.29) is 5.57 Å². The lowest BCUT2D eigenvalue weighted by atomic mass is 10.0. The number of unbranched alkanes of at least 4 members (excludes halogenated alkanes) is 11. The van der Waals surface area contributed by atoms with Crippen LogP contribution in [0.4, 0.5) is 0 Å². The first-order valence-electron chi connectivity index (χ1n) is 9.51. The van der Waals surface area contributed by atoms with Gasteiger partial charge in [0.15, 0.2) is 5.78 Å². The molecule has 1 atom stereocenters. The second-order valence-electron chi connectivity index (χ2n) is 6.49. The Morgan fingerprint density at radius 2 is 1.38 bits per heavy atom. The van der Waals surface area contributed by atoms with Gasteiger partial charge in [-0.2, -0.15) is 0 Å². The summed E-state index contributed by atoms with van der Waals surface area (Å²) in [6, 6.07) is 0. The standard InChI is InChI=1S/C20H36O4/c1-4-5-6-7-8-9-10-11-12-13-14-15-16-18(20(23)24-3)19(22)17(2)21/h16,19,22H,4-15H2,1-3H3/b18-16-/t19-/m1/s1. The van der Waals surface area contributed by atoms with Crippen molar-refractivity contribution in [1.82, 2.24) is 0 Å². The molecule has 0 aromatic carbocycles. The molecule has 0 aliphatic carbocycles. The van der Waals surface area contributed by atoms with Gasteiger partial charge in [-0.05, 0) is 19.8 Å². The summed E-state index contributed by atoms with van der Waals surface area (Å²) in [6.07, 6.45) is 14.9. The SMILES string of the molecule is CCCCCCCCCCCCC/C=C(\C(=O)OC)[C@H](O)C(C)=O. The summed E-state index contributed by atoms with van der Waals surface area (Å²) in [7, 11) is 1.26. The molecule has 0 saturated heterocycles. The van der Waals surface area contributed by atoms with E-state index in [1.54, 1.807) is 6.08 Å². The molecule has 140 valence electrons. The molecule has 0 aliphatic heterocycles. The molecule has 4 nitrogen and oxygen atoms in total. The van der Waals surface area contributed by atoms with Crippen LogP contribution in [-0.4, -0.2) is 30.1 Å². The van der Waals surface area contributed by atoms with Crippen molar-refractivity contribution in [3.05, 3.63) is 11.6 Å². The number of ketones is 1. The van der Waals surface area contributed by atoms with Crippen LogP contribution in [0, 0.1) is 0 Å². The van der Waals surface area contributed by atoms with Crippen molar-refractivity contribution in [2.24, 2.45) is 0 Å². The number of Topliss-reactive ketones (excluding diaryl/α,β-unsaturated/α-hetero) is 1. The Labute approximate surface area is 147 Å². The summed E-state index contributed by atoms with van der Waals surface area (Å²) in [5.41, 5.74) is 0.0667. The first-order chi connectivity index (χ1) is 11.5. The van der Waals surface area contributed by atoms with E-state index in [0.717, 1.165) is 12.8 Å². The summed E-state index contributed by atoms with van der Waals surface area (Å²) in [5.74, 6) is -1.06. The molecule has 0 radical (unpaired) electrons. The smallest absolute Gasteiger partial charge is 0.336 e. The normalized spacial score (nSPS) is 12.9. The molecular weight excluding hydrogens is 304 g/mol. The number of hydrogen-bond acceptors (Lipinski definition) is 4.